The van der Waals surface area contributed by atoms with Crippen molar-refractivity contribution in [3.8, 4) is 6.07 Å². The summed E-state index contributed by atoms with van der Waals surface area (Å²) >= 11 is 3.36. The molecule has 1 rings (SSSR count). The van der Waals surface area contributed by atoms with Gasteiger partial charge in [0, 0.05) is 10.5 Å². The van der Waals surface area contributed by atoms with Gasteiger partial charge in [-0.05, 0) is 37.5 Å². The first-order chi connectivity index (χ1) is 7.52. The van der Waals surface area contributed by atoms with Gasteiger partial charge in [-0.25, -0.2) is 0 Å². The fourth-order valence-corrected chi connectivity index (χ4v) is 2.13. The molecule has 0 aliphatic heterocycles. The highest BCUT2D eigenvalue weighted by Gasteiger charge is 2.08. The Balaban J connectivity index is 2.77. The van der Waals surface area contributed by atoms with Crippen LogP contribution >= 0.6 is 15.9 Å². The first-order valence-electron chi connectivity index (χ1n) is 5.49. The molecule has 0 heterocycles. The van der Waals surface area contributed by atoms with Gasteiger partial charge in [0.05, 0.1) is 11.3 Å². The standard InChI is InChI=1S/C13H17BrN2/c1-9(2)6-10(3)16-13-5-4-12(14)7-11(13)8-15/h4-5,7,9-10,16H,6H2,1-3H3. The zero-order chi connectivity index (χ0) is 12.1. The van der Waals surface area contributed by atoms with Gasteiger partial charge in [0.2, 0.25) is 0 Å². The Bertz CT molecular complexity index is 393. The second-order valence-electron chi connectivity index (χ2n) is 4.48. The van der Waals surface area contributed by atoms with Crippen LogP contribution in [0.3, 0.4) is 0 Å². The molecule has 2 nitrogen and oxygen atoms in total. The summed E-state index contributed by atoms with van der Waals surface area (Å²) in [6.07, 6.45) is 1.10. The summed E-state index contributed by atoms with van der Waals surface area (Å²) in [5, 5.41) is 12.4. The summed E-state index contributed by atoms with van der Waals surface area (Å²) in [6.45, 7) is 6.54. The first kappa shape index (κ1) is 13.1. The minimum Gasteiger partial charge on any atom is -0.382 e. The normalized spacial score (nSPS) is 12.2. The number of benzene rings is 1. The van der Waals surface area contributed by atoms with Crippen LogP contribution in [0.15, 0.2) is 22.7 Å². The molecule has 0 bridgehead atoms. The lowest BCUT2D eigenvalue weighted by Crippen LogP contribution is -2.18. The average molecular weight is 281 g/mol. The Morgan fingerprint density at radius 2 is 2.06 bits per heavy atom. The molecule has 0 radical (unpaired) electrons. The summed E-state index contributed by atoms with van der Waals surface area (Å²) in [5.74, 6) is 0.656. The molecule has 0 spiro atoms. The van der Waals surface area contributed by atoms with Crippen LogP contribution in [-0.4, -0.2) is 6.04 Å². The molecule has 3 heteroatoms. The highest BCUT2D eigenvalue weighted by molar-refractivity contribution is 9.10. The van der Waals surface area contributed by atoms with Crippen molar-refractivity contribution in [1.29, 1.82) is 5.26 Å². The van der Waals surface area contributed by atoms with Crippen LogP contribution in [0, 0.1) is 17.2 Å². The number of nitriles is 1. The van der Waals surface area contributed by atoms with Crippen molar-refractivity contribution in [3.05, 3.63) is 28.2 Å². The molecule has 1 atom stereocenters. The van der Waals surface area contributed by atoms with E-state index in [1.807, 2.05) is 18.2 Å². The van der Waals surface area contributed by atoms with E-state index in [1.54, 1.807) is 0 Å². The van der Waals surface area contributed by atoms with E-state index in [-0.39, 0.29) is 0 Å². The largest absolute Gasteiger partial charge is 0.382 e. The van der Waals surface area contributed by atoms with Crippen molar-refractivity contribution in [3.63, 3.8) is 0 Å². The molecule has 1 unspecified atom stereocenters. The van der Waals surface area contributed by atoms with Crippen LogP contribution in [0.4, 0.5) is 5.69 Å². The summed E-state index contributed by atoms with van der Waals surface area (Å²) < 4.78 is 0.936. The minimum atomic E-state index is 0.383. The van der Waals surface area contributed by atoms with Crippen molar-refractivity contribution in [2.24, 2.45) is 5.92 Å². The van der Waals surface area contributed by atoms with Crippen LogP contribution < -0.4 is 5.32 Å². The number of halogens is 1. The van der Waals surface area contributed by atoms with E-state index in [9.17, 15) is 0 Å². The van der Waals surface area contributed by atoms with Crippen molar-refractivity contribution in [1.82, 2.24) is 0 Å². The van der Waals surface area contributed by atoms with E-state index >= 15 is 0 Å². The Morgan fingerprint density at radius 1 is 1.38 bits per heavy atom. The van der Waals surface area contributed by atoms with Gasteiger partial charge in [-0.15, -0.1) is 0 Å². The van der Waals surface area contributed by atoms with Crippen LogP contribution in [0.5, 0.6) is 0 Å². The molecule has 0 aliphatic rings. The van der Waals surface area contributed by atoms with Crippen LogP contribution in [-0.2, 0) is 0 Å². The summed E-state index contributed by atoms with van der Waals surface area (Å²) in [5.41, 5.74) is 1.60. The molecule has 0 aromatic heterocycles. The maximum absolute atomic E-state index is 9.03. The van der Waals surface area contributed by atoms with Gasteiger partial charge in [-0.2, -0.15) is 5.26 Å². The molecule has 86 valence electrons. The second-order valence-corrected chi connectivity index (χ2v) is 5.39. The molecule has 16 heavy (non-hydrogen) atoms. The lowest BCUT2D eigenvalue weighted by Gasteiger charge is -2.18. The number of hydrogen-bond donors (Lipinski definition) is 1. The summed E-state index contributed by atoms with van der Waals surface area (Å²) in [6, 6.07) is 8.32. The topological polar surface area (TPSA) is 35.8 Å². The predicted octanol–water partition coefficient (Wildman–Crippen LogP) is 4.17. The number of rotatable bonds is 4. The van der Waals surface area contributed by atoms with E-state index in [4.69, 9.17) is 5.26 Å². The highest BCUT2D eigenvalue weighted by Crippen LogP contribution is 2.22. The van der Waals surface area contributed by atoms with Crippen LogP contribution in [0.2, 0.25) is 0 Å². The van der Waals surface area contributed by atoms with Gasteiger partial charge in [0.15, 0.2) is 0 Å². The molecule has 0 fully saturated rings. The number of nitrogens with zero attached hydrogens (tertiary/aromatic N) is 1. The third-order valence-electron chi connectivity index (χ3n) is 2.33. The third kappa shape index (κ3) is 3.86. The van der Waals surface area contributed by atoms with Gasteiger partial charge in [0.25, 0.3) is 0 Å². The van der Waals surface area contributed by atoms with E-state index in [1.165, 1.54) is 0 Å². The lowest BCUT2D eigenvalue weighted by molar-refractivity contribution is 0.540. The average Bonchev–Trinajstić information content (AvgIpc) is 2.19. The Kier molecular flexibility index (Phi) is 4.82. The van der Waals surface area contributed by atoms with Gasteiger partial charge < -0.3 is 5.32 Å². The van der Waals surface area contributed by atoms with Crippen LogP contribution in [0.25, 0.3) is 0 Å². The lowest BCUT2D eigenvalue weighted by atomic mass is 10.0. The molecule has 1 aromatic carbocycles. The van der Waals surface area contributed by atoms with Crippen molar-refractivity contribution in [2.45, 2.75) is 33.2 Å². The fourth-order valence-electron chi connectivity index (χ4n) is 1.77. The van der Waals surface area contributed by atoms with E-state index in [0.29, 0.717) is 17.5 Å². The number of nitrogens with one attached hydrogen (secondary N) is 1. The molecule has 1 N–H and O–H groups in total. The van der Waals surface area contributed by atoms with Gasteiger partial charge >= 0.3 is 0 Å². The quantitative estimate of drug-likeness (QED) is 0.899. The Morgan fingerprint density at radius 3 is 2.62 bits per heavy atom. The molecule has 0 saturated carbocycles. The molecule has 0 aliphatic carbocycles. The summed E-state index contributed by atoms with van der Waals surface area (Å²) in [7, 11) is 0. The van der Waals surface area contributed by atoms with E-state index in [2.05, 4.69) is 48.1 Å². The first-order valence-corrected chi connectivity index (χ1v) is 6.28. The van der Waals surface area contributed by atoms with Gasteiger partial charge in [0.1, 0.15) is 6.07 Å². The van der Waals surface area contributed by atoms with E-state index < -0.39 is 0 Å². The fraction of sp³-hybridized carbons (Fsp3) is 0.462. The molecular weight excluding hydrogens is 264 g/mol. The predicted molar refractivity (Wildman–Crippen MR) is 71.4 cm³/mol. The zero-order valence-electron chi connectivity index (χ0n) is 9.92. The number of anilines is 1. The molecule has 0 amide bonds. The summed E-state index contributed by atoms with van der Waals surface area (Å²) in [4.78, 5) is 0. The van der Waals surface area contributed by atoms with Gasteiger partial charge in [-0.1, -0.05) is 29.8 Å². The number of hydrogen-bond acceptors (Lipinski definition) is 2. The third-order valence-corrected chi connectivity index (χ3v) is 2.82. The highest BCUT2D eigenvalue weighted by atomic mass is 79.9. The van der Waals surface area contributed by atoms with E-state index in [0.717, 1.165) is 16.6 Å². The smallest absolute Gasteiger partial charge is 0.101 e. The monoisotopic (exact) mass is 280 g/mol. The molecule has 0 saturated heterocycles. The molecule has 1 aromatic rings. The van der Waals surface area contributed by atoms with Crippen molar-refractivity contribution in [2.75, 3.05) is 5.32 Å². The Hall–Kier alpha value is -1.01. The van der Waals surface area contributed by atoms with Crippen LogP contribution in [0.1, 0.15) is 32.8 Å². The SMILES string of the molecule is CC(C)CC(C)Nc1ccc(Br)cc1C#N. The molecular formula is C13H17BrN2. The second kappa shape index (κ2) is 5.91. The minimum absolute atomic E-state index is 0.383. The maximum atomic E-state index is 9.03. The maximum Gasteiger partial charge on any atom is 0.101 e. The van der Waals surface area contributed by atoms with Crippen molar-refractivity contribution < 1.29 is 0 Å². The zero-order valence-corrected chi connectivity index (χ0v) is 11.5. The van der Waals surface area contributed by atoms with Gasteiger partial charge in [-0.3, -0.25) is 0 Å². The Labute approximate surface area is 106 Å². The van der Waals surface area contributed by atoms with Crippen molar-refractivity contribution >= 4 is 21.6 Å².